The predicted octanol–water partition coefficient (Wildman–Crippen LogP) is 3.22. The van der Waals surface area contributed by atoms with Gasteiger partial charge in [0.05, 0.1) is 16.8 Å². The number of nitrogen functional groups attached to an aromatic ring is 1. The molecule has 5 heteroatoms. The van der Waals surface area contributed by atoms with E-state index in [2.05, 4.69) is 29.8 Å². The molecule has 0 bridgehead atoms. The van der Waals surface area contributed by atoms with E-state index in [1.165, 1.54) is 12.1 Å². The Balaban J connectivity index is 2.39. The molecule has 3 nitrogen and oxygen atoms in total. The maximum absolute atomic E-state index is 13.1. The Hall–Kier alpha value is -0.810. The average Bonchev–Trinajstić information content (AvgIpc) is 2.24. The van der Waals surface area contributed by atoms with E-state index in [4.69, 9.17) is 15.2 Å². The van der Waals surface area contributed by atoms with Crippen molar-refractivity contribution in [3.8, 4) is 5.75 Å². The van der Waals surface area contributed by atoms with Gasteiger partial charge in [0.25, 0.3) is 0 Å². The molecule has 17 heavy (non-hydrogen) atoms. The van der Waals surface area contributed by atoms with Gasteiger partial charge in [-0.05, 0) is 27.9 Å². The van der Waals surface area contributed by atoms with Crippen LogP contribution in [-0.2, 0) is 4.74 Å². The van der Waals surface area contributed by atoms with Gasteiger partial charge in [0.15, 0.2) is 0 Å². The Labute approximate surface area is 109 Å². The van der Waals surface area contributed by atoms with Gasteiger partial charge in [-0.3, -0.25) is 0 Å². The number of nitrogens with two attached hydrogens (primary N) is 1. The fourth-order valence-electron chi connectivity index (χ4n) is 1.20. The first kappa shape index (κ1) is 14.3. The Morgan fingerprint density at radius 1 is 1.35 bits per heavy atom. The van der Waals surface area contributed by atoms with E-state index in [0.717, 1.165) is 0 Å². The smallest absolute Gasteiger partial charge is 0.143 e. The minimum atomic E-state index is -0.397. The molecule has 0 amide bonds. The first-order valence-electron chi connectivity index (χ1n) is 5.45. The number of rotatable bonds is 6. The molecule has 0 aromatic heterocycles. The monoisotopic (exact) mass is 305 g/mol. The fraction of sp³-hybridized carbons (Fsp3) is 0.500. The standard InChI is InChI=1S/C12H17BrFNO2/c1-8(2)7-16-3-4-17-12-5-9(13)10(14)6-11(12)15/h5-6,8H,3-4,7,15H2,1-2H3. The predicted molar refractivity (Wildman–Crippen MR) is 69.7 cm³/mol. The maximum atomic E-state index is 13.1. The van der Waals surface area contributed by atoms with Crippen LogP contribution in [-0.4, -0.2) is 19.8 Å². The third-order valence-corrected chi connectivity index (χ3v) is 2.60. The Bertz CT molecular complexity index is 372. The van der Waals surface area contributed by atoms with Crippen LogP contribution in [0.4, 0.5) is 10.1 Å². The Morgan fingerprint density at radius 3 is 2.71 bits per heavy atom. The number of ether oxygens (including phenoxy) is 2. The van der Waals surface area contributed by atoms with Gasteiger partial charge in [-0.1, -0.05) is 13.8 Å². The van der Waals surface area contributed by atoms with E-state index in [9.17, 15) is 4.39 Å². The van der Waals surface area contributed by atoms with E-state index in [-0.39, 0.29) is 5.69 Å². The summed E-state index contributed by atoms with van der Waals surface area (Å²) in [5.41, 5.74) is 5.91. The Kier molecular flexibility index (Phi) is 5.71. The minimum Gasteiger partial charge on any atom is -0.489 e. The first-order chi connectivity index (χ1) is 8.00. The van der Waals surface area contributed by atoms with Crippen LogP contribution < -0.4 is 10.5 Å². The van der Waals surface area contributed by atoms with Crippen molar-refractivity contribution in [1.82, 2.24) is 0 Å². The summed E-state index contributed by atoms with van der Waals surface area (Å²) in [5, 5.41) is 0. The molecule has 1 aromatic rings. The molecule has 0 aliphatic rings. The lowest BCUT2D eigenvalue weighted by molar-refractivity contribution is 0.0820. The lowest BCUT2D eigenvalue weighted by Crippen LogP contribution is -2.11. The number of hydrogen-bond donors (Lipinski definition) is 1. The second kappa shape index (κ2) is 6.81. The quantitative estimate of drug-likeness (QED) is 0.648. The minimum absolute atomic E-state index is 0.287. The highest BCUT2D eigenvalue weighted by molar-refractivity contribution is 9.10. The number of anilines is 1. The molecule has 96 valence electrons. The van der Waals surface area contributed by atoms with Crippen LogP contribution in [0.25, 0.3) is 0 Å². The summed E-state index contributed by atoms with van der Waals surface area (Å²) in [5.74, 6) is 0.567. The van der Waals surface area contributed by atoms with Crippen LogP contribution in [0.1, 0.15) is 13.8 Å². The molecule has 0 unspecified atom stereocenters. The molecule has 0 aliphatic heterocycles. The molecule has 0 aliphatic carbocycles. The number of halogens is 2. The molecule has 2 N–H and O–H groups in total. The number of hydrogen-bond acceptors (Lipinski definition) is 3. The maximum Gasteiger partial charge on any atom is 0.143 e. The summed E-state index contributed by atoms with van der Waals surface area (Å²) in [6.45, 7) is 5.75. The zero-order chi connectivity index (χ0) is 12.8. The van der Waals surface area contributed by atoms with E-state index in [1.807, 2.05) is 0 Å². The van der Waals surface area contributed by atoms with Gasteiger partial charge in [0.1, 0.15) is 18.2 Å². The molecule has 0 atom stereocenters. The highest BCUT2D eigenvalue weighted by atomic mass is 79.9. The summed E-state index contributed by atoms with van der Waals surface area (Å²) >= 11 is 3.08. The third-order valence-electron chi connectivity index (χ3n) is 1.99. The summed E-state index contributed by atoms with van der Waals surface area (Å²) in [6.07, 6.45) is 0. The van der Waals surface area contributed by atoms with Crippen LogP contribution >= 0.6 is 15.9 Å². The van der Waals surface area contributed by atoms with Crippen LogP contribution in [0.2, 0.25) is 0 Å². The van der Waals surface area contributed by atoms with Crippen molar-refractivity contribution in [2.75, 3.05) is 25.6 Å². The highest BCUT2D eigenvalue weighted by Crippen LogP contribution is 2.28. The summed E-state index contributed by atoms with van der Waals surface area (Å²) in [7, 11) is 0. The third kappa shape index (κ3) is 4.91. The van der Waals surface area contributed by atoms with Crippen molar-refractivity contribution in [2.45, 2.75) is 13.8 Å². The fourth-order valence-corrected chi connectivity index (χ4v) is 1.52. The van der Waals surface area contributed by atoms with Gasteiger partial charge in [0.2, 0.25) is 0 Å². The van der Waals surface area contributed by atoms with E-state index < -0.39 is 5.82 Å². The van der Waals surface area contributed by atoms with Crippen molar-refractivity contribution < 1.29 is 13.9 Å². The van der Waals surface area contributed by atoms with Gasteiger partial charge in [-0.15, -0.1) is 0 Å². The molecule has 0 spiro atoms. The summed E-state index contributed by atoms with van der Waals surface area (Å²) in [6, 6.07) is 2.75. The lowest BCUT2D eigenvalue weighted by atomic mass is 10.2. The van der Waals surface area contributed by atoms with Gasteiger partial charge in [-0.2, -0.15) is 0 Å². The average molecular weight is 306 g/mol. The van der Waals surface area contributed by atoms with Crippen LogP contribution in [0.3, 0.4) is 0 Å². The van der Waals surface area contributed by atoms with Crippen molar-refractivity contribution in [1.29, 1.82) is 0 Å². The largest absolute Gasteiger partial charge is 0.489 e. The molecule has 0 heterocycles. The zero-order valence-corrected chi connectivity index (χ0v) is 11.6. The Morgan fingerprint density at radius 2 is 2.06 bits per heavy atom. The molecule has 0 radical (unpaired) electrons. The van der Waals surface area contributed by atoms with Crippen LogP contribution in [0.15, 0.2) is 16.6 Å². The topological polar surface area (TPSA) is 44.5 Å². The molecule has 1 aromatic carbocycles. The summed E-state index contributed by atoms with van der Waals surface area (Å²) in [4.78, 5) is 0. The second-order valence-electron chi connectivity index (χ2n) is 4.12. The van der Waals surface area contributed by atoms with Gasteiger partial charge in [0, 0.05) is 12.7 Å². The molecule has 0 saturated carbocycles. The van der Waals surface area contributed by atoms with Crippen molar-refractivity contribution in [3.63, 3.8) is 0 Å². The lowest BCUT2D eigenvalue weighted by Gasteiger charge is -2.11. The van der Waals surface area contributed by atoms with Crippen LogP contribution in [0, 0.1) is 11.7 Å². The number of benzene rings is 1. The van der Waals surface area contributed by atoms with Crippen LogP contribution in [0.5, 0.6) is 5.75 Å². The molecule has 1 rings (SSSR count). The van der Waals surface area contributed by atoms with E-state index in [1.54, 1.807) is 0 Å². The van der Waals surface area contributed by atoms with E-state index in [0.29, 0.717) is 36.0 Å². The van der Waals surface area contributed by atoms with Gasteiger partial charge in [-0.25, -0.2) is 4.39 Å². The first-order valence-corrected chi connectivity index (χ1v) is 6.25. The van der Waals surface area contributed by atoms with Gasteiger partial charge < -0.3 is 15.2 Å². The van der Waals surface area contributed by atoms with E-state index >= 15 is 0 Å². The normalized spacial score (nSPS) is 10.9. The molecule has 0 saturated heterocycles. The molecular formula is C12H17BrFNO2. The van der Waals surface area contributed by atoms with Gasteiger partial charge >= 0.3 is 0 Å². The SMILES string of the molecule is CC(C)COCCOc1cc(Br)c(F)cc1N. The second-order valence-corrected chi connectivity index (χ2v) is 4.98. The van der Waals surface area contributed by atoms with Crippen molar-refractivity contribution in [2.24, 2.45) is 5.92 Å². The molecule has 0 fully saturated rings. The summed E-state index contributed by atoms with van der Waals surface area (Å²) < 4.78 is 24.2. The highest BCUT2D eigenvalue weighted by Gasteiger charge is 2.06. The molecular weight excluding hydrogens is 289 g/mol. The van der Waals surface area contributed by atoms with Crippen molar-refractivity contribution in [3.05, 3.63) is 22.4 Å². The zero-order valence-electron chi connectivity index (χ0n) is 10.0. The van der Waals surface area contributed by atoms with Crippen molar-refractivity contribution >= 4 is 21.6 Å².